The quantitative estimate of drug-likeness (QED) is 0.231. The van der Waals surface area contributed by atoms with Gasteiger partial charge < -0.3 is 20.7 Å². The van der Waals surface area contributed by atoms with Gasteiger partial charge in [-0.05, 0) is 10.6 Å². The number of anilines is 1. The van der Waals surface area contributed by atoms with Crippen molar-refractivity contribution in [3.63, 3.8) is 0 Å². The van der Waals surface area contributed by atoms with Crippen LogP contribution in [0, 0.1) is 0 Å². The second kappa shape index (κ2) is 6.82. The van der Waals surface area contributed by atoms with Crippen LogP contribution >= 0.6 is 8.25 Å². The second-order valence-corrected chi connectivity index (χ2v) is 5.72. The number of nitrogens with zero attached hydrogens (tertiary/aromatic N) is 7. The van der Waals surface area contributed by atoms with E-state index in [-0.39, 0.29) is 22.9 Å². The second-order valence-electron chi connectivity index (χ2n) is 4.98. The van der Waals surface area contributed by atoms with E-state index in [1.165, 1.54) is 0 Å². The molecule has 0 amide bonds. The summed E-state index contributed by atoms with van der Waals surface area (Å²) in [5, 5.41) is 23.7. The van der Waals surface area contributed by atoms with Crippen LogP contribution in [0.4, 0.5) is 11.8 Å². The predicted octanol–water partition coefficient (Wildman–Crippen LogP) is -0.364. The maximum absolute atomic E-state index is 10.6. The summed E-state index contributed by atoms with van der Waals surface area (Å²) in [6.07, 6.45) is -4.13. The van der Waals surface area contributed by atoms with Gasteiger partial charge in [0.05, 0.1) is 0 Å². The fourth-order valence-corrected chi connectivity index (χ4v) is 2.75. The molecule has 5 N–H and O–H groups in total. The Labute approximate surface area is 139 Å². The number of aliphatic hydroxyl groups excluding tert-OH is 2. The molecular formula is C10H12N8O6P+. The molecule has 1 fully saturated rings. The van der Waals surface area contributed by atoms with E-state index in [4.69, 9.17) is 20.9 Å². The first-order valence-corrected chi connectivity index (χ1v) is 7.91. The van der Waals surface area contributed by atoms with Gasteiger partial charge in [0.1, 0.15) is 31.2 Å². The first-order valence-electron chi connectivity index (χ1n) is 6.78. The van der Waals surface area contributed by atoms with Crippen molar-refractivity contribution in [2.24, 2.45) is 5.11 Å². The minimum Gasteiger partial charge on any atom is -0.387 e. The molecule has 5 atom stereocenters. The molecule has 0 aliphatic carbocycles. The van der Waals surface area contributed by atoms with Crippen molar-refractivity contribution >= 4 is 31.2 Å². The van der Waals surface area contributed by atoms with Crippen LogP contribution < -0.4 is 5.73 Å². The Bertz CT molecular complexity index is 868. The van der Waals surface area contributed by atoms with Crippen molar-refractivity contribution in [1.29, 1.82) is 0 Å². The summed E-state index contributed by atoms with van der Waals surface area (Å²) in [5.41, 5.74) is 14.6. The number of azide groups is 1. The lowest BCUT2D eigenvalue weighted by Crippen LogP contribution is -2.33. The monoisotopic (exact) mass is 371 g/mol. The highest BCUT2D eigenvalue weighted by atomic mass is 31.1. The number of hydrogen-bond acceptors (Lipinski definition) is 10. The molecule has 14 nitrogen and oxygen atoms in total. The van der Waals surface area contributed by atoms with Gasteiger partial charge in [0.15, 0.2) is 23.2 Å². The van der Waals surface area contributed by atoms with Gasteiger partial charge in [-0.25, -0.2) is 15.0 Å². The van der Waals surface area contributed by atoms with Crippen molar-refractivity contribution in [2.45, 2.75) is 24.5 Å². The van der Waals surface area contributed by atoms with E-state index in [1.807, 2.05) is 0 Å². The van der Waals surface area contributed by atoms with Crippen LogP contribution in [-0.2, 0) is 13.8 Å². The average Bonchev–Trinajstić information content (AvgIpc) is 3.06. The highest BCUT2D eigenvalue weighted by Gasteiger charge is 2.46. The summed E-state index contributed by atoms with van der Waals surface area (Å²) in [6.45, 7) is -0.443. The summed E-state index contributed by atoms with van der Waals surface area (Å²) in [6, 6.07) is 0. The third-order valence-corrected chi connectivity index (χ3v) is 3.93. The van der Waals surface area contributed by atoms with Crippen molar-refractivity contribution in [1.82, 2.24) is 19.5 Å². The zero-order chi connectivity index (χ0) is 18.1. The zero-order valence-corrected chi connectivity index (χ0v) is 13.2. The molecule has 0 saturated carbocycles. The van der Waals surface area contributed by atoms with E-state index in [0.717, 1.165) is 10.9 Å². The normalized spacial score (nSPS) is 26.6. The van der Waals surface area contributed by atoms with Gasteiger partial charge in [-0.3, -0.25) is 4.57 Å². The smallest absolute Gasteiger partial charge is 0.387 e. The maximum atomic E-state index is 10.6. The van der Waals surface area contributed by atoms with E-state index >= 15 is 0 Å². The van der Waals surface area contributed by atoms with Crippen LogP contribution in [0.25, 0.3) is 21.6 Å². The van der Waals surface area contributed by atoms with Gasteiger partial charge in [0.25, 0.3) is 0 Å². The predicted molar refractivity (Wildman–Crippen MR) is 80.2 cm³/mol. The molecule has 3 heterocycles. The Balaban J connectivity index is 2.03. The minimum atomic E-state index is -2.90. The third-order valence-electron chi connectivity index (χ3n) is 3.56. The Morgan fingerprint density at radius 1 is 1.48 bits per heavy atom. The molecular weight excluding hydrogens is 359 g/mol. The number of rotatable bonds is 5. The Hall–Kier alpha value is -2.44. The summed E-state index contributed by atoms with van der Waals surface area (Å²) in [4.78, 5) is 23.1. The van der Waals surface area contributed by atoms with Gasteiger partial charge in [0.2, 0.25) is 5.95 Å². The molecule has 1 aliphatic heterocycles. The number of aliphatic hydroxyl groups is 2. The summed E-state index contributed by atoms with van der Waals surface area (Å²) >= 11 is 0. The third kappa shape index (κ3) is 3.10. The van der Waals surface area contributed by atoms with Crippen molar-refractivity contribution in [3.05, 3.63) is 16.8 Å². The van der Waals surface area contributed by atoms with Crippen LogP contribution in [0.5, 0.6) is 0 Å². The maximum Gasteiger partial charge on any atom is 0.694 e. The zero-order valence-electron chi connectivity index (χ0n) is 12.3. The minimum absolute atomic E-state index is 0.0170. The highest BCUT2D eigenvalue weighted by molar-refractivity contribution is 7.32. The van der Waals surface area contributed by atoms with E-state index in [9.17, 15) is 14.8 Å². The molecule has 1 aliphatic rings. The molecule has 3 rings (SSSR count). The molecule has 2 aromatic heterocycles. The van der Waals surface area contributed by atoms with Crippen LogP contribution in [0.1, 0.15) is 6.23 Å². The topological polar surface area (TPSA) is 215 Å². The fourth-order valence-electron chi connectivity index (χ4n) is 2.48. The van der Waals surface area contributed by atoms with E-state index < -0.39 is 39.4 Å². The molecule has 25 heavy (non-hydrogen) atoms. The van der Waals surface area contributed by atoms with Gasteiger partial charge in [0, 0.05) is 9.48 Å². The fraction of sp³-hybridized carbons (Fsp3) is 0.500. The van der Waals surface area contributed by atoms with Gasteiger partial charge in [-0.2, -0.15) is 0 Å². The van der Waals surface area contributed by atoms with Crippen LogP contribution in [0.15, 0.2) is 11.4 Å². The first kappa shape index (κ1) is 17.4. The molecule has 0 aromatic carbocycles. The molecule has 0 radical (unpaired) electrons. The molecule has 0 bridgehead atoms. The number of imidazole rings is 1. The Morgan fingerprint density at radius 3 is 2.92 bits per heavy atom. The van der Waals surface area contributed by atoms with Crippen LogP contribution in [-0.4, -0.2) is 59.5 Å². The highest BCUT2D eigenvalue weighted by Crippen LogP contribution is 2.36. The van der Waals surface area contributed by atoms with Crippen molar-refractivity contribution in [3.8, 4) is 0 Å². The van der Waals surface area contributed by atoms with E-state index in [1.54, 1.807) is 0 Å². The average molecular weight is 371 g/mol. The lowest BCUT2D eigenvalue weighted by Gasteiger charge is -2.17. The largest absolute Gasteiger partial charge is 0.694 e. The SMILES string of the molecule is [N-]=[N+]=Nc1nc2c(N)ncnc2n1[C@@H]1O[C@H](CO[P+](=O)O)[C@@H](O)[C@H]1O. The van der Waals surface area contributed by atoms with E-state index in [0.29, 0.717) is 0 Å². The first-order chi connectivity index (χ1) is 11.9. The van der Waals surface area contributed by atoms with E-state index in [2.05, 4.69) is 29.5 Å². The summed E-state index contributed by atoms with van der Waals surface area (Å²) in [7, 11) is -2.90. The van der Waals surface area contributed by atoms with Crippen molar-refractivity contribution in [2.75, 3.05) is 12.3 Å². The Morgan fingerprint density at radius 2 is 2.24 bits per heavy atom. The molecule has 15 heteroatoms. The molecule has 2 aromatic rings. The number of hydrogen-bond donors (Lipinski definition) is 4. The van der Waals surface area contributed by atoms with Gasteiger partial charge >= 0.3 is 8.25 Å². The lowest BCUT2D eigenvalue weighted by molar-refractivity contribution is -0.0467. The number of fused-ring (bicyclic) bond motifs is 1. The lowest BCUT2D eigenvalue weighted by atomic mass is 10.1. The Kier molecular flexibility index (Phi) is 4.74. The number of nitrogen functional groups attached to an aromatic ring is 1. The molecule has 1 unspecified atom stereocenters. The van der Waals surface area contributed by atoms with Gasteiger partial charge in [-0.15, -0.1) is 9.42 Å². The molecule has 1 saturated heterocycles. The van der Waals surface area contributed by atoms with Gasteiger partial charge in [-0.1, -0.05) is 0 Å². The van der Waals surface area contributed by atoms with Crippen LogP contribution in [0.3, 0.4) is 0 Å². The number of ether oxygens (including phenoxy) is 1. The van der Waals surface area contributed by atoms with Crippen LogP contribution in [0.2, 0.25) is 0 Å². The number of nitrogens with two attached hydrogens (primary N) is 1. The van der Waals surface area contributed by atoms with Crippen molar-refractivity contribution < 1.29 is 28.9 Å². The summed E-state index contributed by atoms with van der Waals surface area (Å²) in [5.74, 6) is -0.195. The number of aromatic nitrogens is 4. The summed E-state index contributed by atoms with van der Waals surface area (Å²) < 4.78 is 21.8. The molecule has 0 spiro atoms. The molecule has 132 valence electrons. The standard InChI is InChI=1S/C10H11N8O6P/c11-7-4-8(14-2-13-7)18(10(15-4)16-17-12)9-6(20)5(19)3(24-9)1-23-25(21)22/h2-3,5-6,9,19-20H,1H2,(H2-,11,13,14,21,22)/p+1/t3-,5-,6-,9-/m1/s1.